The molecule has 166 valence electrons. The standard InChI is InChI=1S/C20H40O7Si/c1-7-14-20(19(22)24-9-3,17-18(21)23-8-2)25-15-13-16-28(12-6,26-10-4)27-11-5/h7-17H2,1-6H3. The first kappa shape index (κ1) is 27.0. The van der Waals surface area contributed by atoms with Crippen molar-refractivity contribution in [2.75, 3.05) is 33.0 Å². The van der Waals surface area contributed by atoms with Crippen LogP contribution in [0.3, 0.4) is 0 Å². The van der Waals surface area contributed by atoms with E-state index in [0.717, 1.165) is 12.1 Å². The Morgan fingerprint density at radius 2 is 1.46 bits per heavy atom. The molecule has 0 aliphatic carbocycles. The van der Waals surface area contributed by atoms with Crippen LogP contribution >= 0.6 is 0 Å². The monoisotopic (exact) mass is 420 g/mol. The first-order valence-electron chi connectivity index (χ1n) is 10.6. The molecular formula is C20H40O7Si. The summed E-state index contributed by atoms with van der Waals surface area (Å²) in [6.07, 6.45) is 1.64. The van der Waals surface area contributed by atoms with Crippen LogP contribution in [0.4, 0.5) is 0 Å². The summed E-state index contributed by atoms with van der Waals surface area (Å²) in [5, 5.41) is 0. The maximum atomic E-state index is 12.7. The molecule has 7 nitrogen and oxygen atoms in total. The van der Waals surface area contributed by atoms with Crippen LogP contribution in [-0.2, 0) is 32.7 Å². The quantitative estimate of drug-likeness (QED) is 0.200. The highest BCUT2D eigenvalue weighted by atomic mass is 28.4. The summed E-state index contributed by atoms with van der Waals surface area (Å²) < 4.78 is 28.3. The van der Waals surface area contributed by atoms with Gasteiger partial charge in [-0.25, -0.2) is 4.79 Å². The number of hydrogen-bond acceptors (Lipinski definition) is 7. The highest BCUT2D eigenvalue weighted by molar-refractivity contribution is 6.67. The lowest BCUT2D eigenvalue weighted by atomic mass is 9.93. The number of ether oxygens (including phenoxy) is 3. The van der Waals surface area contributed by atoms with Crippen LogP contribution in [0.15, 0.2) is 0 Å². The molecule has 0 N–H and O–H groups in total. The summed E-state index contributed by atoms with van der Waals surface area (Å²) in [6.45, 7) is 13.5. The maximum Gasteiger partial charge on any atom is 0.339 e. The molecule has 0 aliphatic rings. The predicted molar refractivity (Wildman–Crippen MR) is 110 cm³/mol. The molecule has 1 atom stereocenters. The van der Waals surface area contributed by atoms with Crippen molar-refractivity contribution in [3.05, 3.63) is 0 Å². The highest BCUT2D eigenvalue weighted by Gasteiger charge is 2.43. The fourth-order valence-corrected chi connectivity index (χ4v) is 6.13. The van der Waals surface area contributed by atoms with Gasteiger partial charge in [-0.2, -0.15) is 0 Å². The average Bonchev–Trinajstić information content (AvgIpc) is 2.65. The van der Waals surface area contributed by atoms with Gasteiger partial charge in [0.15, 0.2) is 5.60 Å². The van der Waals surface area contributed by atoms with Gasteiger partial charge in [-0.1, -0.05) is 20.3 Å². The minimum atomic E-state index is -2.26. The highest BCUT2D eigenvalue weighted by Crippen LogP contribution is 2.28. The molecule has 0 saturated heterocycles. The molecule has 0 spiro atoms. The number of hydrogen-bond donors (Lipinski definition) is 0. The lowest BCUT2D eigenvalue weighted by Crippen LogP contribution is -2.46. The van der Waals surface area contributed by atoms with Crippen LogP contribution in [0.2, 0.25) is 12.1 Å². The molecule has 0 aromatic carbocycles. The van der Waals surface area contributed by atoms with E-state index in [-0.39, 0.29) is 19.6 Å². The largest absolute Gasteiger partial charge is 0.466 e. The van der Waals surface area contributed by atoms with Crippen molar-refractivity contribution in [1.82, 2.24) is 0 Å². The lowest BCUT2D eigenvalue weighted by Gasteiger charge is -2.32. The molecule has 0 aromatic heterocycles. The number of carbonyl (C=O) groups is 2. The van der Waals surface area contributed by atoms with E-state index in [4.69, 9.17) is 23.1 Å². The van der Waals surface area contributed by atoms with Crippen LogP contribution in [0.25, 0.3) is 0 Å². The third-order valence-electron chi connectivity index (χ3n) is 4.47. The van der Waals surface area contributed by atoms with Gasteiger partial charge in [0.1, 0.15) is 0 Å². The molecule has 0 aliphatic heterocycles. The second-order valence-electron chi connectivity index (χ2n) is 6.53. The fraction of sp³-hybridized carbons (Fsp3) is 0.900. The minimum Gasteiger partial charge on any atom is -0.466 e. The Labute approximate surface area is 171 Å². The number of rotatable bonds is 17. The molecule has 1 unspecified atom stereocenters. The van der Waals surface area contributed by atoms with Crippen molar-refractivity contribution in [3.63, 3.8) is 0 Å². The van der Waals surface area contributed by atoms with E-state index in [1.54, 1.807) is 13.8 Å². The van der Waals surface area contributed by atoms with Gasteiger partial charge in [0.25, 0.3) is 0 Å². The molecule has 0 bridgehead atoms. The Balaban J connectivity index is 5.15. The van der Waals surface area contributed by atoms with Gasteiger partial charge in [-0.15, -0.1) is 0 Å². The van der Waals surface area contributed by atoms with Crippen molar-refractivity contribution in [3.8, 4) is 0 Å². The molecule has 0 amide bonds. The van der Waals surface area contributed by atoms with Crippen molar-refractivity contribution >= 4 is 20.5 Å². The van der Waals surface area contributed by atoms with Gasteiger partial charge in [0, 0.05) is 19.8 Å². The normalized spacial score (nSPS) is 13.8. The van der Waals surface area contributed by atoms with Crippen molar-refractivity contribution in [2.45, 2.75) is 84.9 Å². The summed E-state index contributed by atoms with van der Waals surface area (Å²) in [7, 11) is -2.26. The van der Waals surface area contributed by atoms with Gasteiger partial charge >= 0.3 is 20.5 Å². The van der Waals surface area contributed by atoms with E-state index in [1.165, 1.54) is 0 Å². The molecule has 0 aromatic rings. The van der Waals surface area contributed by atoms with Crippen molar-refractivity contribution < 1.29 is 32.7 Å². The van der Waals surface area contributed by atoms with Crippen molar-refractivity contribution in [1.29, 1.82) is 0 Å². The third kappa shape index (κ3) is 9.02. The van der Waals surface area contributed by atoms with E-state index < -0.39 is 26.1 Å². The first-order valence-corrected chi connectivity index (χ1v) is 12.9. The first-order chi connectivity index (χ1) is 13.4. The SMILES string of the molecule is CCCC(CC(=O)OCC)(OCCC[Si](CC)(OCC)OCC)C(=O)OCC. The number of esters is 2. The molecular weight excluding hydrogens is 380 g/mol. The van der Waals surface area contributed by atoms with Crippen molar-refractivity contribution in [2.24, 2.45) is 0 Å². The molecule has 0 rings (SSSR count). The van der Waals surface area contributed by atoms with E-state index in [1.807, 2.05) is 20.8 Å². The van der Waals surface area contributed by atoms with Gasteiger partial charge in [0.05, 0.1) is 19.6 Å². The third-order valence-corrected chi connectivity index (χ3v) is 8.29. The van der Waals surface area contributed by atoms with E-state index in [0.29, 0.717) is 39.1 Å². The predicted octanol–water partition coefficient (Wildman–Crippen LogP) is 3.98. The molecule has 0 heterocycles. The average molecular weight is 421 g/mol. The second kappa shape index (κ2) is 15.0. The molecule has 0 radical (unpaired) electrons. The Kier molecular flexibility index (Phi) is 14.4. The van der Waals surface area contributed by atoms with E-state index in [9.17, 15) is 9.59 Å². The second-order valence-corrected chi connectivity index (χ2v) is 10.1. The van der Waals surface area contributed by atoms with Crippen LogP contribution in [0.5, 0.6) is 0 Å². The van der Waals surface area contributed by atoms with E-state index >= 15 is 0 Å². The van der Waals surface area contributed by atoms with E-state index in [2.05, 4.69) is 6.92 Å². The minimum absolute atomic E-state index is 0.138. The van der Waals surface area contributed by atoms with Crippen LogP contribution in [0, 0.1) is 0 Å². The Hall–Kier alpha value is -0.963. The van der Waals surface area contributed by atoms with Gasteiger partial charge in [0.2, 0.25) is 0 Å². The summed E-state index contributed by atoms with van der Waals surface area (Å²) in [6, 6.07) is 1.63. The van der Waals surface area contributed by atoms with Gasteiger partial charge in [-0.3, -0.25) is 4.79 Å². The molecule has 28 heavy (non-hydrogen) atoms. The fourth-order valence-electron chi connectivity index (χ4n) is 3.26. The summed E-state index contributed by atoms with van der Waals surface area (Å²) in [5.74, 6) is -0.955. The lowest BCUT2D eigenvalue weighted by molar-refractivity contribution is -0.180. The Bertz CT molecular complexity index is 438. The van der Waals surface area contributed by atoms with Crippen LogP contribution in [0.1, 0.15) is 67.2 Å². The molecule has 0 fully saturated rings. The van der Waals surface area contributed by atoms with Gasteiger partial charge < -0.3 is 23.1 Å². The smallest absolute Gasteiger partial charge is 0.339 e. The number of carbonyl (C=O) groups excluding carboxylic acids is 2. The summed E-state index contributed by atoms with van der Waals surface area (Å²) in [4.78, 5) is 24.8. The van der Waals surface area contributed by atoms with Crippen LogP contribution in [-0.4, -0.2) is 59.1 Å². The summed E-state index contributed by atoms with van der Waals surface area (Å²) in [5.41, 5.74) is -1.30. The van der Waals surface area contributed by atoms with Crippen LogP contribution < -0.4 is 0 Å². The summed E-state index contributed by atoms with van der Waals surface area (Å²) >= 11 is 0. The maximum absolute atomic E-state index is 12.7. The topological polar surface area (TPSA) is 80.3 Å². The Morgan fingerprint density at radius 1 is 0.857 bits per heavy atom. The molecule has 8 heteroatoms. The molecule has 0 saturated carbocycles. The Morgan fingerprint density at radius 3 is 1.93 bits per heavy atom. The zero-order valence-electron chi connectivity index (χ0n) is 18.6. The zero-order chi connectivity index (χ0) is 21.5. The zero-order valence-corrected chi connectivity index (χ0v) is 19.6. The van der Waals surface area contributed by atoms with Gasteiger partial charge in [-0.05, 0) is 52.6 Å².